The fraction of sp³-hybridized carbons (Fsp3) is 0.588. The molecule has 4 heteroatoms. The van der Waals surface area contributed by atoms with Crippen LogP contribution in [0.3, 0.4) is 0 Å². The number of hydrogen-bond donors (Lipinski definition) is 2. The Morgan fingerprint density at radius 1 is 1.29 bits per heavy atom. The molecule has 2 N–H and O–H groups in total. The summed E-state index contributed by atoms with van der Waals surface area (Å²) in [6.07, 6.45) is 8.55. The Bertz CT molecular complexity index is 468. The van der Waals surface area contributed by atoms with Gasteiger partial charge in [0.15, 0.2) is 0 Å². The van der Waals surface area contributed by atoms with Gasteiger partial charge < -0.3 is 0 Å². The van der Waals surface area contributed by atoms with E-state index in [-0.39, 0.29) is 0 Å². The highest BCUT2D eigenvalue weighted by Gasteiger charge is 2.21. The zero-order valence-corrected chi connectivity index (χ0v) is 13.4. The first-order valence-electron chi connectivity index (χ1n) is 7.94. The molecule has 0 amide bonds. The number of hydrogen-bond acceptors (Lipinski definition) is 2. The summed E-state index contributed by atoms with van der Waals surface area (Å²) in [5.41, 5.74) is 3.04. The Morgan fingerprint density at radius 3 is 2.62 bits per heavy atom. The van der Waals surface area contributed by atoms with Gasteiger partial charge in [-0.25, -0.2) is 4.99 Å². The van der Waals surface area contributed by atoms with Crippen LogP contribution in [0.15, 0.2) is 29.3 Å². The van der Waals surface area contributed by atoms with Gasteiger partial charge in [0.1, 0.15) is 5.84 Å². The van der Waals surface area contributed by atoms with Crippen molar-refractivity contribution in [2.24, 2.45) is 16.8 Å². The number of hydroxylamine groups is 1. The molecule has 2 rings (SSSR count). The molecule has 1 aromatic carbocycles. The van der Waals surface area contributed by atoms with Gasteiger partial charge in [-0.05, 0) is 42.9 Å². The molecule has 0 aromatic heterocycles. The maximum atomic E-state index is 9.31. The molecule has 21 heavy (non-hydrogen) atoms. The van der Waals surface area contributed by atoms with E-state index in [9.17, 15) is 5.21 Å². The third kappa shape index (κ3) is 5.33. The number of nitrogens with one attached hydrogen (secondary N) is 1. The second-order valence-electron chi connectivity index (χ2n) is 6.03. The van der Waals surface area contributed by atoms with Crippen molar-refractivity contribution in [3.05, 3.63) is 29.3 Å². The van der Waals surface area contributed by atoms with E-state index in [4.69, 9.17) is 11.6 Å². The SMILES string of the molecule is CCCC1CCC(CC(=Nc2cccc(Cl)c2)NO)CC1. The average molecular weight is 309 g/mol. The molecule has 0 bridgehead atoms. The maximum absolute atomic E-state index is 9.31. The molecule has 0 saturated heterocycles. The molecule has 1 aliphatic carbocycles. The van der Waals surface area contributed by atoms with Crippen LogP contribution in [-0.4, -0.2) is 11.0 Å². The summed E-state index contributed by atoms with van der Waals surface area (Å²) in [5.74, 6) is 2.16. The summed E-state index contributed by atoms with van der Waals surface area (Å²) in [6, 6.07) is 7.38. The molecule has 0 heterocycles. The van der Waals surface area contributed by atoms with Gasteiger partial charge in [-0.2, -0.15) is 0 Å². The van der Waals surface area contributed by atoms with Crippen molar-refractivity contribution in [3.8, 4) is 0 Å². The quantitative estimate of drug-likeness (QED) is 0.438. The largest absolute Gasteiger partial charge is 0.290 e. The maximum Gasteiger partial charge on any atom is 0.126 e. The van der Waals surface area contributed by atoms with Crippen LogP contribution in [0.1, 0.15) is 51.9 Å². The smallest absolute Gasteiger partial charge is 0.126 e. The molecule has 1 aliphatic rings. The van der Waals surface area contributed by atoms with Crippen LogP contribution in [-0.2, 0) is 0 Å². The van der Waals surface area contributed by atoms with E-state index in [1.165, 1.54) is 38.5 Å². The van der Waals surface area contributed by atoms with E-state index in [1.807, 2.05) is 18.2 Å². The van der Waals surface area contributed by atoms with Crippen molar-refractivity contribution in [2.75, 3.05) is 0 Å². The highest BCUT2D eigenvalue weighted by molar-refractivity contribution is 6.30. The lowest BCUT2D eigenvalue weighted by atomic mass is 9.79. The minimum atomic E-state index is 0.621. The molecule has 0 unspecified atom stereocenters. The summed E-state index contributed by atoms with van der Waals surface area (Å²) in [7, 11) is 0. The zero-order chi connectivity index (χ0) is 15.1. The summed E-state index contributed by atoms with van der Waals surface area (Å²) in [4.78, 5) is 4.46. The Kier molecular flexibility index (Phi) is 6.52. The first-order chi connectivity index (χ1) is 10.2. The summed E-state index contributed by atoms with van der Waals surface area (Å²) < 4.78 is 0. The highest BCUT2D eigenvalue weighted by atomic mass is 35.5. The van der Waals surface area contributed by atoms with Gasteiger partial charge in [0.05, 0.1) is 5.69 Å². The van der Waals surface area contributed by atoms with E-state index in [0.29, 0.717) is 16.8 Å². The Balaban J connectivity index is 1.91. The number of aliphatic imine (C=N–C) groups is 1. The summed E-state index contributed by atoms with van der Waals surface area (Å²) in [6.45, 7) is 2.26. The molecule has 0 aliphatic heterocycles. The van der Waals surface area contributed by atoms with Crippen LogP contribution in [0.2, 0.25) is 5.02 Å². The molecular formula is C17H25ClN2O. The lowest BCUT2D eigenvalue weighted by Gasteiger charge is -2.28. The molecule has 0 atom stereocenters. The molecular weight excluding hydrogens is 284 g/mol. The van der Waals surface area contributed by atoms with Gasteiger partial charge >= 0.3 is 0 Å². The van der Waals surface area contributed by atoms with E-state index in [0.717, 1.165) is 18.0 Å². The summed E-state index contributed by atoms with van der Waals surface area (Å²) in [5, 5.41) is 9.97. The van der Waals surface area contributed by atoms with Gasteiger partial charge in [-0.3, -0.25) is 10.7 Å². The van der Waals surface area contributed by atoms with Crippen molar-refractivity contribution in [2.45, 2.75) is 51.9 Å². The van der Waals surface area contributed by atoms with Crippen LogP contribution >= 0.6 is 11.6 Å². The number of rotatable bonds is 5. The third-order valence-corrected chi connectivity index (χ3v) is 4.58. The van der Waals surface area contributed by atoms with Crippen molar-refractivity contribution >= 4 is 23.1 Å². The van der Waals surface area contributed by atoms with Gasteiger partial charge in [-0.1, -0.05) is 50.3 Å². The topological polar surface area (TPSA) is 44.6 Å². The molecule has 116 valence electrons. The second-order valence-corrected chi connectivity index (χ2v) is 6.47. The van der Waals surface area contributed by atoms with Gasteiger partial charge in [0.2, 0.25) is 0 Å². The van der Waals surface area contributed by atoms with E-state index >= 15 is 0 Å². The normalized spacial score (nSPS) is 23.1. The molecule has 1 aromatic rings. The van der Waals surface area contributed by atoms with Crippen LogP contribution in [0.25, 0.3) is 0 Å². The van der Waals surface area contributed by atoms with Gasteiger partial charge in [0, 0.05) is 11.4 Å². The van der Waals surface area contributed by atoms with E-state index in [1.54, 1.807) is 6.07 Å². The first kappa shape index (κ1) is 16.3. The van der Waals surface area contributed by atoms with Crippen molar-refractivity contribution in [1.29, 1.82) is 0 Å². The molecule has 0 spiro atoms. The van der Waals surface area contributed by atoms with E-state index in [2.05, 4.69) is 17.4 Å². The van der Waals surface area contributed by atoms with Crippen LogP contribution in [0, 0.1) is 11.8 Å². The number of nitrogens with zero attached hydrogens (tertiary/aromatic N) is 1. The molecule has 0 radical (unpaired) electrons. The van der Waals surface area contributed by atoms with E-state index < -0.39 is 0 Å². The van der Waals surface area contributed by atoms with Crippen molar-refractivity contribution in [1.82, 2.24) is 5.48 Å². The van der Waals surface area contributed by atoms with Crippen LogP contribution < -0.4 is 5.48 Å². The van der Waals surface area contributed by atoms with Crippen LogP contribution in [0.4, 0.5) is 5.69 Å². The average Bonchev–Trinajstić information content (AvgIpc) is 2.49. The Labute approximate surface area is 132 Å². The zero-order valence-electron chi connectivity index (χ0n) is 12.7. The lowest BCUT2D eigenvalue weighted by molar-refractivity contribution is 0.221. The lowest BCUT2D eigenvalue weighted by Crippen LogP contribution is -2.24. The standard InChI is InChI=1S/C17H25ClN2O/c1-2-4-13-7-9-14(10-8-13)11-17(20-21)19-16-6-3-5-15(18)12-16/h3,5-6,12-14,21H,2,4,7-11H2,1H3,(H,19,20). The van der Waals surface area contributed by atoms with Gasteiger partial charge in [0.25, 0.3) is 0 Å². The summed E-state index contributed by atoms with van der Waals surface area (Å²) >= 11 is 5.96. The molecule has 3 nitrogen and oxygen atoms in total. The predicted octanol–water partition coefficient (Wildman–Crippen LogP) is 5.35. The fourth-order valence-electron chi connectivity index (χ4n) is 3.22. The Morgan fingerprint density at radius 2 is 2.00 bits per heavy atom. The first-order valence-corrected chi connectivity index (χ1v) is 8.32. The minimum absolute atomic E-state index is 0.621. The third-order valence-electron chi connectivity index (χ3n) is 4.35. The van der Waals surface area contributed by atoms with Crippen molar-refractivity contribution < 1.29 is 5.21 Å². The number of benzene rings is 1. The van der Waals surface area contributed by atoms with Gasteiger partial charge in [-0.15, -0.1) is 0 Å². The molecule has 1 fully saturated rings. The van der Waals surface area contributed by atoms with Crippen LogP contribution in [0.5, 0.6) is 0 Å². The highest BCUT2D eigenvalue weighted by Crippen LogP contribution is 2.33. The van der Waals surface area contributed by atoms with Crippen molar-refractivity contribution in [3.63, 3.8) is 0 Å². The predicted molar refractivity (Wildman–Crippen MR) is 88.4 cm³/mol. The Hall–Kier alpha value is -1.06. The second kappa shape index (κ2) is 8.40. The number of halogens is 1. The number of amidine groups is 1. The molecule has 1 saturated carbocycles. The fourth-order valence-corrected chi connectivity index (χ4v) is 3.41. The monoisotopic (exact) mass is 308 g/mol. The minimum Gasteiger partial charge on any atom is -0.290 e.